The molecule has 0 bridgehead atoms. The van der Waals surface area contributed by atoms with Crippen molar-refractivity contribution in [3.63, 3.8) is 0 Å². The number of aryl methyl sites for hydroxylation is 1. The van der Waals surface area contributed by atoms with Gasteiger partial charge in [0.2, 0.25) is 0 Å². The SMILES string of the molecule is CC1CN(Cc2ccn(C)n2)C1C. The van der Waals surface area contributed by atoms with Crippen LogP contribution in [0.15, 0.2) is 12.3 Å². The van der Waals surface area contributed by atoms with Gasteiger partial charge in [0.25, 0.3) is 0 Å². The lowest BCUT2D eigenvalue weighted by molar-refractivity contribution is 0.0294. The summed E-state index contributed by atoms with van der Waals surface area (Å²) in [6.07, 6.45) is 2.00. The molecule has 1 fully saturated rings. The first kappa shape index (κ1) is 8.75. The fourth-order valence-electron chi connectivity index (χ4n) is 1.87. The van der Waals surface area contributed by atoms with Gasteiger partial charge in [-0.15, -0.1) is 0 Å². The van der Waals surface area contributed by atoms with Crippen LogP contribution >= 0.6 is 0 Å². The molecule has 2 unspecified atom stereocenters. The Morgan fingerprint density at radius 3 is 2.77 bits per heavy atom. The Balaban J connectivity index is 1.93. The summed E-state index contributed by atoms with van der Waals surface area (Å²) < 4.78 is 1.86. The standard InChI is InChI=1S/C10H17N3/c1-8-6-13(9(8)2)7-10-4-5-12(3)11-10/h4-5,8-9H,6-7H2,1-3H3. The van der Waals surface area contributed by atoms with Crippen LogP contribution in [0.5, 0.6) is 0 Å². The zero-order chi connectivity index (χ0) is 9.42. The molecular formula is C10H17N3. The molecule has 1 aliphatic rings. The molecule has 3 nitrogen and oxygen atoms in total. The molecule has 0 amide bonds. The Hall–Kier alpha value is -0.830. The maximum Gasteiger partial charge on any atom is 0.0764 e. The van der Waals surface area contributed by atoms with Crippen LogP contribution in [0.4, 0.5) is 0 Å². The molecule has 0 N–H and O–H groups in total. The molecule has 0 aliphatic carbocycles. The zero-order valence-electron chi connectivity index (χ0n) is 8.57. The molecular weight excluding hydrogens is 162 g/mol. The summed E-state index contributed by atoms with van der Waals surface area (Å²) in [6, 6.07) is 2.82. The van der Waals surface area contributed by atoms with Crippen LogP contribution in [0, 0.1) is 5.92 Å². The monoisotopic (exact) mass is 179 g/mol. The van der Waals surface area contributed by atoms with Gasteiger partial charge in [-0.05, 0) is 18.9 Å². The lowest BCUT2D eigenvalue weighted by Crippen LogP contribution is -2.52. The van der Waals surface area contributed by atoms with Crippen molar-refractivity contribution in [2.45, 2.75) is 26.4 Å². The van der Waals surface area contributed by atoms with Crippen molar-refractivity contribution >= 4 is 0 Å². The van der Waals surface area contributed by atoms with Crippen LogP contribution in [-0.2, 0) is 13.6 Å². The van der Waals surface area contributed by atoms with Crippen molar-refractivity contribution in [3.05, 3.63) is 18.0 Å². The minimum absolute atomic E-state index is 0.724. The number of hydrogen-bond donors (Lipinski definition) is 0. The molecule has 1 saturated heterocycles. The van der Waals surface area contributed by atoms with E-state index in [1.807, 2.05) is 17.9 Å². The Morgan fingerprint density at radius 2 is 2.31 bits per heavy atom. The minimum Gasteiger partial charge on any atom is -0.294 e. The van der Waals surface area contributed by atoms with Crippen molar-refractivity contribution in [2.75, 3.05) is 6.54 Å². The third kappa shape index (κ3) is 1.61. The molecule has 0 radical (unpaired) electrons. The van der Waals surface area contributed by atoms with E-state index in [1.54, 1.807) is 0 Å². The van der Waals surface area contributed by atoms with Crippen LogP contribution in [0.1, 0.15) is 19.5 Å². The van der Waals surface area contributed by atoms with Crippen molar-refractivity contribution in [1.29, 1.82) is 0 Å². The topological polar surface area (TPSA) is 21.1 Å². The van der Waals surface area contributed by atoms with E-state index in [9.17, 15) is 0 Å². The third-order valence-electron chi connectivity index (χ3n) is 3.06. The molecule has 0 saturated carbocycles. The summed E-state index contributed by atoms with van der Waals surface area (Å²) in [6.45, 7) is 6.82. The molecule has 2 heterocycles. The molecule has 13 heavy (non-hydrogen) atoms. The van der Waals surface area contributed by atoms with Gasteiger partial charge in [-0.1, -0.05) is 6.92 Å². The summed E-state index contributed by atoms with van der Waals surface area (Å²) in [5.41, 5.74) is 1.18. The quantitative estimate of drug-likeness (QED) is 0.681. The molecule has 3 heteroatoms. The van der Waals surface area contributed by atoms with E-state index in [-0.39, 0.29) is 0 Å². The van der Waals surface area contributed by atoms with E-state index in [4.69, 9.17) is 0 Å². The molecule has 1 aromatic rings. The Kier molecular flexibility index (Phi) is 2.12. The number of aromatic nitrogens is 2. The second-order valence-corrected chi connectivity index (χ2v) is 4.13. The van der Waals surface area contributed by atoms with Crippen LogP contribution in [0.3, 0.4) is 0 Å². The Morgan fingerprint density at radius 1 is 1.54 bits per heavy atom. The van der Waals surface area contributed by atoms with E-state index < -0.39 is 0 Å². The van der Waals surface area contributed by atoms with Gasteiger partial charge >= 0.3 is 0 Å². The molecule has 72 valence electrons. The second-order valence-electron chi connectivity index (χ2n) is 4.13. The maximum atomic E-state index is 4.37. The molecule has 2 rings (SSSR count). The molecule has 2 atom stereocenters. The highest BCUT2D eigenvalue weighted by Crippen LogP contribution is 2.25. The highest BCUT2D eigenvalue weighted by molar-refractivity contribution is 5.01. The van der Waals surface area contributed by atoms with Gasteiger partial charge in [0, 0.05) is 32.4 Å². The predicted molar refractivity (Wildman–Crippen MR) is 52.2 cm³/mol. The van der Waals surface area contributed by atoms with Crippen LogP contribution in [0.2, 0.25) is 0 Å². The largest absolute Gasteiger partial charge is 0.294 e. The maximum absolute atomic E-state index is 4.37. The van der Waals surface area contributed by atoms with Crippen molar-refractivity contribution in [2.24, 2.45) is 13.0 Å². The molecule has 0 aromatic carbocycles. The summed E-state index contributed by atoms with van der Waals surface area (Å²) in [7, 11) is 1.96. The van der Waals surface area contributed by atoms with E-state index in [1.165, 1.54) is 12.2 Å². The predicted octanol–water partition coefficient (Wildman–Crippen LogP) is 1.26. The fraction of sp³-hybridized carbons (Fsp3) is 0.700. The number of hydrogen-bond acceptors (Lipinski definition) is 2. The molecule has 1 aliphatic heterocycles. The van der Waals surface area contributed by atoms with Crippen LogP contribution in [-0.4, -0.2) is 27.3 Å². The van der Waals surface area contributed by atoms with Gasteiger partial charge in [-0.25, -0.2) is 0 Å². The van der Waals surface area contributed by atoms with E-state index >= 15 is 0 Å². The minimum atomic E-state index is 0.724. The van der Waals surface area contributed by atoms with Gasteiger partial charge in [-0.3, -0.25) is 9.58 Å². The number of likely N-dealkylation sites (tertiary alicyclic amines) is 1. The Labute approximate surface area is 79.3 Å². The van der Waals surface area contributed by atoms with Gasteiger partial charge in [-0.2, -0.15) is 5.10 Å². The van der Waals surface area contributed by atoms with E-state index in [0.717, 1.165) is 18.5 Å². The lowest BCUT2D eigenvalue weighted by Gasteiger charge is -2.44. The summed E-state index contributed by atoms with van der Waals surface area (Å²) in [5.74, 6) is 0.851. The highest BCUT2D eigenvalue weighted by Gasteiger charge is 2.31. The second kappa shape index (κ2) is 3.14. The van der Waals surface area contributed by atoms with Crippen LogP contribution < -0.4 is 0 Å². The molecule has 1 aromatic heterocycles. The normalized spacial score (nSPS) is 28.8. The highest BCUT2D eigenvalue weighted by atomic mass is 15.3. The van der Waals surface area contributed by atoms with Gasteiger partial charge in [0.05, 0.1) is 5.69 Å². The number of nitrogens with zero attached hydrogens (tertiary/aromatic N) is 3. The first-order chi connectivity index (χ1) is 6.16. The van der Waals surface area contributed by atoms with E-state index in [0.29, 0.717) is 0 Å². The zero-order valence-corrected chi connectivity index (χ0v) is 8.57. The average molecular weight is 179 g/mol. The first-order valence-corrected chi connectivity index (χ1v) is 4.89. The van der Waals surface area contributed by atoms with Crippen molar-refractivity contribution in [1.82, 2.24) is 14.7 Å². The first-order valence-electron chi connectivity index (χ1n) is 4.89. The average Bonchev–Trinajstić information content (AvgIpc) is 2.50. The van der Waals surface area contributed by atoms with Crippen LogP contribution in [0.25, 0.3) is 0 Å². The lowest BCUT2D eigenvalue weighted by atomic mass is 9.92. The third-order valence-corrected chi connectivity index (χ3v) is 3.06. The summed E-state index contributed by atoms with van der Waals surface area (Å²) in [4.78, 5) is 2.47. The fourth-order valence-corrected chi connectivity index (χ4v) is 1.87. The summed E-state index contributed by atoms with van der Waals surface area (Å²) in [5, 5.41) is 4.37. The summed E-state index contributed by atoms with van der Waals surface area (Å²) >= 11 is 0. The number of rotatable bonds is 2. The van der Waals surface area contributed by atoms with Crippen molar-refractivity contribution < 1.29 is 0 Å². The van der Waals surface area contributed by atoms with Gasteiger partial charge in [0.15, 0.2) is 0 Å². The smallest absolute Gasteiger partial charge is 0.0764 e. The Bertz CT molecular complexity index is 292. The van der Waals surface area contributed by atoms with Crippen molar-refractivity contribution in [3.8, 4) is 0 Å². The molecule has 0 spiro atoms. The van der Waals surface area contributed by atoms with Gasteiger partial charge < -0.3 is 0 Å². The van der Waals surface area contributed by atoms with E-state index in [2.05, 4.69) is 29.9 Å². The van der Waals surface area contributed by atoms with Gasteiger partial charge in [0.1, 0.15) is 0 Å².